The van der Waals surface area contributed by atoms with Gasteiger partial charge in [0.1, 0.15) is 12.7 Å². The van der Waals surface area contributed by atoms with E-state index in [0.717, 1.165) is 16.7 Å². The fourth-order valence-corrected chi connectivity index (χ4v) is 3.40. The Morgan fingerprint density at radius 1 is 1.23 bits per heavy atom. The third-order valence-corrected chi connectivity index (χ3v) is 4.81. The minimum absolute atomic E-state index is 0.0559. The fourth-order valence-electron chi connectivity index (χ4n) is 3.13. The number of halogens is 1. The van der Waals surface area contributed by atoms with Gasteiger partial charge in [0.05, 0.1) is 10.6 Å². The molecule has 1 saturated heterocycles. The number of amides is 1. The summed E-state index contributed by atoms with van der Waals surface area (Å²) < 4.78 is 5.53. The lowest BCUT2D eigenvalue weighted by atomic mass is 9.99. The molecule has 2 aromatic carbocycles. The van der Waals surface area contributed by atoms with Crippen molar-refractivity contribution in [1.82, 2.24) is 10.3 Å². The second-order valence-electron chi connectivity index (χ2n) is 6.11. The van der Waals surface area contributed by atoms with Crippen LogP contribution >= 0.6 is 11.6 Å². The quantitative estimate of drug-likeness (QED) is 0.659. The van der Waals surface area contributed by atoms with E-state index >= 15 is 0 Å². The third-order valence-electron chi connectivity index (χ3n) is 4.49. The molecule has 1 fully saturated rings. The van der Waals surface area contributed by atoms with Gasteiger partial charge in [0, 0.05) is 29.2 Å². The Kier molecular flexibility index (Phi) is 4.14. The summed E-state index contributed by atoms with van der Waals surface area (Å²) in [6.45, 7) is 0.497. The van der Waals surface area contributed by atoms with Crippen LogP contribution in [-0.4, -0.2) is 35.1 Å². The van der Waals surface area contributed by atoms with E-state index in [0.29, 0.717) is 22.5 Å². The number of H-pyrrole nitrogens is 1. The Hall–Kier alpha value is -2.83. The van der Waals surface area contributed by atoms with Crippen molar-refractivity contribution in [2.24, 2.45) is 0 Å². The highest BCUT2D eigenvalue weighted by Crippen LogP contribution is 2.34. The molecular formula is C19H15ClN2O4. The Morgan fingerprint density at radius 3 is 2.65 bits per heavy atom. The van der Waals surface area contributed by atoms with Crippen LogP contribution in [0.4, 0.5) is 0 Å². The first-order chi connectivity index (χ1) is 12.5. The van der Waals surface area contributed by atoms with E-state index in [4.69, 9.17) is 16.3 Å². The average Bonchev–Trinajstić information content (AvgIpc) is 3.05. The van der Waals surface area contributed by atoms with Crippen LogP contribution in [0.3, 0.4) is 0 Å². The molecule has 0 saturated carbocycles. The van der Waals surface area contributed by atoms with Crippen molar-refractivity contribution in [3.05, 3.63) is 58.7 Å². The average molecular weight is 371 g/mol. The minimum Gasteiger partial charge on any atom is -0.478 e. The molecule has 0 spiro atoms. The molecule has 1 aliphatic heterocycles. The first-order valence-corrected chi connectivity index (χ1v) is 8.43. The SMILES string of the molecule is O=C1CO[C@H](c2ccc(-c3cc4c(C(=O)O)c[nH]c4cc3Cl)cc2)CN1. The van der Waals surface area contributed by atoms with Crippen LogP contribution in [0.25, 0.3) is 22.0 Å². The standard InChI is InChI=1S/C19H15ClN2O4/c20-15-6-16-13(14(7-21-16)19(24)25)5-12(15)10-1-3-11(4-2-10)17-8-22-18(23)9-26-17/h1-7,17,21H,8-9H2,(H,22,23)(H,24,25)/t17-/m0/s1. The van der Waals surface area contributed by atoms with Crippen LogP contribution in [0.2, 0.25) is 5.02 Å². The van der Waals surface area contributed by atoms with Crippen molar-refractivity contribution in [3.63, 3.8) is 0 Å². The van der Waals surface area contributed by atoms with Gasteiger partial charge in [-0.25, -0.2) is 4.79 Å². The number of benzene rings is 2. The number of ether oxygens (including phenoxy) is 1. The zero-order valence-electron chi connectivity index (χ0n) is 13.6. The number of aromatic nitrogens is 1. The maximum atomic E-state index is 11.4. The molecule has 1 amide bonds. The van der Waals surface area contributed by atoms with Crippen LogP contribution in [-0.2, 0) is 9.53 Å². The van der Waals surface area contributed by atoms with Gasteiger partial charge in [0.2, 0.25) is 5.91 Å². The maximum Gasteiger partial charge on any atom is 0.337 e. The zero-order chi connectivity index (χ0) is 18.3. The summed E-state index contributed by atoms with van der Waals surface area (Å²) >= 11 is 6.39. The Labute approximate surface area is 153 Å². The summed E-state index contributed by atoms with van der Waals surface area (Å²) in [5, 5.41) is 13.2. The summed E-state index contributed by atoms with van der Waals surface area (Å²) in [4.78, 5) is 25.5. The van der Waals surface area contributed by atoms with Gasteiger partial charge < -0.3 is 20.1 Å². The Morgan fingerprint density at radius 2 is 2.00 bits per heavy atom. The van der Waals surface area contributed by atoms with E-state index < -0.39 is 5.97 Å². The van der Waals surface area contributed by atoms with Crippen LogP contribution in [0.1, 0.15) is 22.0 Å². The van der Waals surface area contributed by atoms with Crippen LogP contribution in [0.15, 0.2) is 42.6 Å². The molecule has 1 atom stereocenters. The second kappa shape index (κ2) is 6.48. The monoisotopic (exact) mass is 370 g/mol. The number of nitrogens with one attached hydrogen (secondary N) is 2. The van der Waals surface area contributed by atoms with E-state index in [9.17, 15) is 14.7 Å². The van der Waals surface area contributed by atoms with Crippen LogP contribution in [0, 0.1) is 0 Å². The van der Waals surface area contributed by atoms with Gasteiger partial charge in [-0.2, -0.15) is 0 Å². The van der Waals surface area contributed by atoms with Crippen LogP contribution in [0.5, 0.6) is 0 Å². The second-order valence-corrected chi connectivity index (χ2v) is 6.52. The lowest BCUT2D eigenvalue weighted by Gasteiger charge is -2.23. The van der Waals surface area contributed by atoms with Gasteiger partial charge in [-0.1, -0.05) is 35.9 Å². The molecular weight excluding hydrogens is 356 g/mol. The van der Waals surface area contributed by atoms with Crippen molar-refractivity contribution in [2.75, 3.05) is 13.2 Å². The number of carboxylic acid groups (broad SMARTS) is 1. The van der Waals surface area contributed by atoms with Crippen LogP contribution < -0.4 is 5.32 Å². The van der Waals surface area contributed by atoms with E-state index in [1.165, 1.54) is 6.20 Å². The number of carbonyl (C=O) groups excluding carboxylic acids is 1. The van der Waals surface area contributed by atoms with E-state index in [1.54, 1.807) is 12.1 Å². The molecule has 1 aliphatic rings. The Balaban J connectivity index is 1.68. The number of carbonyl (C=O) groups is 2. The molecule has 0 aliphatic carbocycles. The first-order valence-electron chi connectivity index (χ1n) is 8.05. The zero-order valence-corrected chi connectivity index (χ0v) is 14.3. The highest BCUT2D eigenvalue weighted by atomic mass is 35.5. The van der Waals surface area contributed by atoms with Crippen molar-refractivity contribution >= 4 is 34.4 Å². The lowest BCUT2D eigenvalue weighted by molar-refractivity contribution is -0.133. The smallest absolute Gasteiger partial charge is 0.337 e. The molecule has 132 valence electrons. The topological polar surface area (TPSA) is 91.4 Å². The van der Waals surface area contributed by atoms with Crippen molar-refractivity contribution in [2.45, 2.75) is 6.10 Å². The predicted molar refractivity (Wildman–Crippen MR) is 97.4 cm³/mol. The summed E-state index contributed by atoms with van der Waals surface area (Å²) in [6.07, 6.45) is 1.29. The third kappa shape index (κ3) is 2.94. The number of hydrogen-bond donors (Lipinski definition) is 3. The summed E-state index contributed by atoms with van der Waals surface area (Å²) in [5.74, 6) is -1.10. The molecule has 3 aromatic rings. The highest BCUT2D eigenvalue weighted by Gasteiger charge is 2.20. The molecule has 6 nitrogen and oxygen atoms in total. The van der Waals surface area contributed by atoms with Gasteiger partial charge in [-0.05, 0) is 23.3 Å². The number of aromatic amines is 1. The molecule has 2 heterocycles. The molecule has 1 aromatic heterocycles. The van der Waals surface area contributed by atoms with Gasteiger partial charge in [0.15, 0.2) is 0 Å². The lowest BCUT2D eigenvalue weighted by Crippen LogP contribution is -2.38. The summed E-state index contributed by atoms with van der Waals surface area (Å²) in [5.41, 5.74) is 3.47. The number of aromatic carboxylic acids is 1. The van der Waals surface area contributed by atoms with Crippen molar-refractivity contribution < 1.29 is 19.4 Å². The molecule has 0 unspecified atom stereocenters. The first kappa shape index (κ1) is 16.6. The number of fused-ring (bicyclic) bond motifs is 1. The highest BCUT2D eigenvalue weighted by molar-refractivity contribution is 6.34. The van der Waals surface area contributed by atoms with Crippen molar-refractivity contribution in [3.8, 4) is 11.1 Å². The maximum absolute atomic E-state index is 11.4. The molecule has 3 N–H and O–H groups in total. The van der Waals surface area contributed by atoms with Gasteiger partial charge in [-0.3, -0.25) is 4.79 Å². The molecule has 4 rings (SSSR count). The predicted octanol–water partition coefficient (Wildman–Crippen LogP) is 3.37. The molecule has 0 bridgehead atoms. The largest absolute Gasteiger partial charge is 0.478 e. The Bertz CT molecular complexity index is 1000. The fraction of sp³-hybridized carbons (Fsp3) is 0.158. The van der Waals surface area contributed by atoms with Gasteiger partial charge in [-0.15, -0.1) is 0 Å². The molecule has 0 radical (unpaired) electrons. The number of rotatable bonds is 3. The van der Waals surface area contributed by atoms with E-state index in [-0.39, 0.29) is 24.2 Å². The molecule has 7 heteroatoms. The number of hydrogen-bond acceptors (Lipinski definition) is 3. The van der Waals surface area contributed by atoms with Gasteiger partial charge in [0.25, 0.3) is 0 Å². The normalized spacial score (nSPS) is 17.3. The minimum atomic E-state index is -0.989. The summed E-state index contributed by atoms with van der Waals surface area (Å²) in [6, 6.07) is 11.2. The van der Waals surface area contributed by atoms with E-state index in [1.807, 2.05) is 24.3 Å². The molecule has 26 heavy (non-hydrogen) atoms. The summed E-state index contributed by atoms with van der Waals surface area (Å²) in [7, 11) is 0. The number of morpholine rings is 1. The number of carboxylic acids is 1. The van der Waals surface area contributed by atoms with Crippen molar-refractivity contribution in [1.29, 1.82) is 0 Å². The van der Waals surface area contributed by atoms with Gasteiger partial charge >= 0.3 is 5.97 Å². The van der Waals surface area contributed by atoms with E-state index in [2.05, 4.69) is 10.3 Å².